The Morgan fingerprint density at radius 2 is 2.13 bits per heavy atom. The van der Waals surface area contributed by atoms with Crippen molar-refractivity contribution >= 4 is 5.91 Å². The van der Waals surface area contributed by atoms with Crippen LogP contribution < -0.4 is 5.32 Å². The van der Waals surface area contributed by atoms with Crippen molar-refractivity contribution in [2.24, 2.45) is 0 Å². The molecule has 1 rings (SSSR count). The monoisotopic (exact) mass is 205 g/mol. The summed E-state index contributed by atoms with van der Waals surface area (Å²) >= 11 is 0. The van der Waals surface area contributed by atoms with Gasteiger partial charge in [0, 0.05) is 6.54 Å². The molecule has 0 aliphatic carbocycles. The van der Waals surface area contributed by atoms with Gasteiger partial charge in [0.1, 0.15) is 0 Å². The van der Waals surface area contributed by atoms with Crippen LogP contribution in [0.15, 0.2) is 36.9 Å². The molecule has 1 aromatic carbocycles. The highest BCUT2D eigenvalue weighted by molar-refractivity contribution is 5.86. The van der Waals surface area contributed by atoms with Crippen LogP contribution in [0.4, 0.5) is 0 Å². The molecule has 2 heteroatoms. The van der Waals surface area contributed by atoms with Crippen LogP contribution in [-0.4, -0.2) is 5.91 Å². The zero-order valence-electron chi connectivity index (χ0n) is 9.71. The van der Waals surface area contributed by atoms with Gasteiger partial charge >= 0.3 is 0 Å². The third-order valence-corrected chi connectivity index (χ3v) is 1.73. The van der Waals surface area contributed by atoms with Crippen molar-refractivity contribution in [2.45, 2.75) is 27.3 Å². The summed E-state index contributed by atoms with van der Waals surface area (Å²) < 4.78 is 0. The Hall–Kier alpha value is -1.57. The lowest BCUT2D eigenvalue weighted by atomic mass is 10.1. The zero-order valence-corrected chi connectivity index (χ0v) is 9.71. The Bertz CT molecular complexity index is 318. The molecule has 0 spiro atoms. The summed E-state index contributed by atoms with van der Waals surface area (Å²) in [6, 6.07) is 8.03. The molecular formula is C13H19NO. The molecule has 0 saturated carbocycles. The van der Waals surface area contributed by atoms with Gasteiger partial charge in [-0.2, -0.15) is 0 Å². The van der Waals surface area contributed by atoms with E-state index in [1.165, 1.54) is 11.6 Å². The fourth-order valence-electron chi connectivity index (χ4n) is 1.08. The van der Waals surface area contributed by atoms with E-state index in [-0.39, 0.29) is 5.91 Å². The standard InChI is InChI=1S/C11H13NO.C2H6/c1-3-11(13)12-8-10-6-4-5-9(2)7-10;1-2/h3-7H,1,8H2,2H3,(H,12,13);1-2H3. The van der Waals surface area contributed by atoms with Crippen LogP contribution in [0.25, 0.3) is 0 Å². The quantitative estimate of drug-likeness (QED) is 0.755. The molecule has 0 unspecified atom stereocenters. The highest BCUT2D eigenvalue weighted by atomic mass is 16.1. The van der Waals surface area contributed by atoms with Crippen LogP contribution >= 0.6 is 0 Å². The van der Waals surface area contributed by atoms with Gasteiger partial charge < -0.3 is 5.32 Å². The van der Waals surface area contributed by atoms with Gasteiger partial charge in [-0.25, -0.2) is 0 Å². The van der Waals surface area contributed by atoms with Crippen molar-refractivity contribution < 1.29 is 4.79 Å². The van der Waals surface area contributed by atoms with E-state index in [4.69, 9.17) is 0 Å². The normalized spacial score (nSPS) is 8.47. The Morgan fingerprint density at radius 1 is 1.47 bits per heavy atom. The number of aryl methyl sites for hydroxylation is 1. The molecule has 1 aromatic rings. The average molecular weight is 205 g/mol. The van der Waals surface area contributed by atoms with Crippen molar-refractivity contribution in [3.05, 3.63) is 48.0 Å². The molecule has 0 heterocycles. The first-order valence-corrected chi connectivity index (χ1v) is 5.18. The molecule has 0 radical (unpaired) electrons. The predicted molar refractivity (Wildman–Crippen MR) is 64.6 cm³/mol. The maximum atomic E-state index is 10.8. The topological polar surface area (TPSA) is 29.1 Å². The van der Waals surface area contributed by atoms with E-state index in [1.54, 1.807) is 0 Å². The SMILES string of the molecule is C=CC(=O)NCc1cccc(C)c1.CC. The number of hydrogen-bond donors (Lipinski definition) is 1. The number of carbonyl (C=O) groups excluding carboxylic acids is 1. The first kappa shape index (κ1) is 13.4. The summed E-state index contributed by atoms with van der Waals surface area (Å²) in [5, 5.41) is 2.72. The Kier molecular flexibility index (Phi) is 6.98. The van der Waals surface area contributed by atoms with Crippen LogP contribution in [0.5, 0.6) is 0 Å². The first-order valence-electron chi connectivity index (χ1n) is 5.18. The molecule has 0 aliphatic heterocycles. The molecule has 0 atom stereocenters. The van der Waals surface area contributed by atoms with Gasteiger partial charge in [0.15, 0.2) is 0 Å². The van der Waals surface area contributed by atoms with Crippen molar-refractivity contribution in [3.8, 4) is 0 Å². The Morgan fingerprint density at radius 3 is 2.67 bits per heavy atom. The van der Waals surface area contributed by atoms with Gasteiger partial charge in [-0.05, 0) is 18.6 Å². The molecule has 2 nitrogen and oxygen atoms in total. The van der Waals surface area contributed by atoms with Crippen molar-refractivity contribution in [3.63, 3.8) is 0 Å². The number of rotatable bonds is 3. The van der Waals surface area contributed by atoms with Crippen molar-refractivity contribution in [1.29, 1.82) is 0 Å². The molecule has 15 heavy (non-hydrogen) atoms. The number of benzene rings is 1. The number of nitrogens with one attached hydrogen (secondary N) is 1. The van der Waals surface area contributed by atoms with Gasteiger partial charge in [-0.15, -0.1) is 0 Å². The first-order chi connectivity index (χ1) is 7.22. The molecule has 0 aromatic heterocycles. The number of hydrogen-bond acceptors (Lipinski definition) is 1. The largest absolute Gasteiger partial charge is 0.348 e. The summed E-state index contributed by atoms with van der Waals surface area (Å²) in [7, 11) is 0. The Balaban J connectivity index is 0.000000921. The maximum Gasteiger partial charge on any atom is 0.243 e. The lowest BCUT2D eigenvalue weighted by molar-refractivity contribution is -0.116. The third-order valence-electron chi connectivity index (χ3n) is 1.73. The van der Waals surface area contributed by atoms with Gasteiger partial charge in [0.05, 0.1) is 0 Å². The predicted octanol–water partition coefficient (Wildman–Crippen LogP) is 2.82. The zero-order chi connectivity index (χ0) is 11.7. The summed E-state index contributed by atoms with van der Waals surface area (Å²) in [6.07, 6.45) is 1.27. The molecular weight excluding hydrogens is 186 g/mol. The second kappa shape index (κ2) is 7.80. The summed E-state index contributed by atoms with van der Waals surface area (Å²) in [5.74, 6) is -0.137. The summed E-state index contributed by atoms with van der Waals surface area (Å²) in [4.78, 5) is 10.8. The number of carbonyl (C=O) groups is 1. The second-order valence-electron chi connectivity index (χ2n) is 2.91. The van der Waals surface area contributed by atoms with Crippen LogP contribution in [0.3, 0.4) is 0 Å². The molecule has 0 saturated heterocycles. The van der Waals surface area contributed by atoms with Crippen LogP contribution in [0, 0.1) is 6.92 Å². The minimum absolute atomic E-state index is 0.137. The van der Waals surface area contributed by atoms with Crippen LogP contribution in [0.2, 0.25) is 0 Å². The van der Waals surface area contributed by atoms with Gasteiger partial charge in [0.2, 0.25) is 5.91 Å². The summed E-state index contributed by atoms with van der Waals surface area (Å²) in [6.45, 7) is 9.97. The van der Waals surface area contributed by atoms with Gasteiger partial charge in [-0.3, -0.25) is 4.79 Å². The highest BCUT2D eigenvalue weighted by Gasteiger charge is 1.95. The molecule has 82 valence electrons. The van der Waals surface area contributed by atoms with E-state index < -0.39 is 0 Å². The van der Waals surface area contributed by atoms with E-state index in [0.29, 0.717) is 6.54 Å². The summed E-state index contributed by atoms with van der Waals surface area (Å²) in [5.41, 5.74) is 2.31. The van der Waals surface area contributed by atoms with Crippen LogP contribution in [-0.2, 0) is 11.3 Å². The van der Waals surface area contributed by atoms with E-state index in [2.05, 4.69) is 11.9 Å². The molecule has 1 amide bonds. The highest BCUT2D eigenvalue weighted by Crippen LogP contribution is 2.02. The molecule has 1 N–H and O–H groups in total. The number of amides is 1. The Labute approximate surface area is 92.0 Å². The van der Waals surface area contributed by atoms with E-state index in [0.717, 1.165) is 5.56 Å². The van der Waals surface area contributed by atoms with Crippen molar-refractivity contribution in [2.75, 3.05) is 0 Å². The minimum atomic E-state index is -0.137. The van der Waals surface area contributed by atoms with E-state index >= 15 is 0 Å². The van der Waals surface area contributed by atoms with E-state index in [1.807, 2.05) is 45.0 Å². The molecule has 0 fully saturated rings. The lowest BCUT2D eigenvalue weighted by Crippen LogP contribution is -2.19. The smallest absolute Gasteiger partial charge is 0.243 e. The van der Waals surface area contributed by atoms with E-state index in [9.17, 15) is 4.79 Å². The molecule has 0 aliphatic rings. The second-order valence-corrected chi connectivity index (χ2v) is 2.91. The minimum Gasteiger partial charge on any atom is -0.348 e. The fourth-order valence-corrected chi connectivity index (χ4v) is 1.08. The third kappa shape index (κ3) is 5.68. The van der Waals surface area contributed by atoms with Crippen molar-refractivity contribution in [1.82, 2.24) is 5.32 Å². The van der Waals surface area contributed by atoms with Gasteiger partial charge in [0.25, 0.3) is 0 Å². The lowest BCUT2D eigenvalue weighted by Gasteiger charge is -2.02. The fraction of sp³-hybridized carbons (Fsp3) is 0.308. The van der Waals surface area contributed by atoms with Crippen LogP contribution in [0.1, 0.15) is 25.0 Å². The average Bonchev–Trinajstić information content (AvgIpc) is 2.29. The maximum absolute atomic E-state index is 10.8. The molecule has 0 bridgehead atoms. The van der Waals surface area contributed by atoms with Gasteiger partial charge in [-0.1, -0.05) is 50.3 Å².